The van der Waals surface area contributed by atoms with Gasteiger partial charge in [0.1, 0.15) is 5.75 Å². The van der Waals surface area contributed by atoms with Gasteiger partial charge in [0.05, 0.1) is 46.1 Å². The molecule has 7 aromatic carbocycles. The quantitative estimate of drug-likeness (QED) is 0.131. The Morgan fingerprint density at radius 1 is 0.571 bits per heavy atom. The first kappa shape index (κ1) is 25.9. The van der Waals surface area contributed by atoms with E-state index in [1.165, 1.54) is 6.07 Å². The molecule has 4 nitrogen and oxygen atoms in total. The van der Waals surface area contributed by atoms with E-state index in [1.807, 2.05) is 89.5 Å². The van der Waals surface area contributed by atoms with Crippen molar-refractivity contribution in [2.75, 3.05) is 0 Å². The molecule has 0 amide bonds. The van der Waals surface area contributed by atoms with Crippen LogP contribution in [0.1, 0.15) is 38.7 Å². The summed E-state index contributed by atoms with van der Waals surface area (Å²) in [5, 5.41) is 11.0. The van der Waals surface area contributed by atoms with Gasteiger partial charge in [-0.3, -0.25) is 9.13 Å². The van der Waals surface area contributed by atoms with Gasteiger partial charge in [0.2, 0.25) is 0 Å². The van der Waals surface area contributed by atoms with E-state index < -0.39 is 42.3 Å². The second-order valence-corrected chi connectivity index (χ2v) is 14.6. The van der Waals surface area contributed by atoms with Crippen molar-refractivity contribution in [2.45, 2.75) is 26.2 Å². The highest BCUT2D eigenvalue weighted by Crippen LogP contribution is 2.38. The molecule has 0 bridgehead atoms. The number of benzene rings is 7. The van der Waals surface area contributed by atoms with Crippen LogP contribution in [0.25, 0.3) is 78.3 Å². The predicted octanol–water partition coefficient (Wildman–Crippen LogP) is 12.4. The fourth-order valence-corrected chi connectivity index (χ4v) is 7.05. The maximum absolute atomic E-state index is 11.0. The number of imidazole rings is 1. The van der Waals surface area contributed by atoms with Gasteiger partial charge in [-0.25, -0.2) is 4.98 Å². The van der Waals surface area contributed by atoms with Crippen LogP contribution in [0.5, 0.6) is 5.75 Å². The Kier molecular flexibility index (Phi) is 6.62. The molecule has 2 aromatic heterocycles. The maximum Gasteiger partial charge on any atom is 0.269 e. The van der Waals surface area contributed by atoms with Crippen molar-refractivity contribution in [1.29, 1.82) is 0 Å². The Labute approximate surface area is 340 Å². The smallest absolute Gasteiger partial charge is 0.269 e. The van der Waals surface area contributed by atoms with Crippen molar-refractivity contribution >= 4 is 11.0 Å². The number of aromatic nitrogens is 3. The fraction of sp³-hybridized carbons (Fsp3) is 0.0769. The van der Waals surface area contributed by atoms with Gasteiger partial charge in [-0.15, -0.1) is 0 Å². The van der Waals surface area contributed by atoms with Gasteiger partial charge < -0.3 is 5.11 Å². The number of hydrogen-bond donors (Lipinski definition) is 1. The summed E-state index contributed by atoms with van der Waals surface area (Å²) in [6.07, 6.45) is 3.56. The molecule has 0 unspecified atom stereocenters. The lowest BCUT2D eigenvalue weighted by atomic mass is 9.85. The number of pyridine rings is 1. The lowest BCUT2D eigenvalue weighted by Gasteiger charge is -2.22. The Bertz CT molecular complexity index is 3350. The summed E-state index contributed by atoms with van der Waals surface area (Å²) in [6, 6.07) is 37.4. The standard InChI is InChI=1S/C52H41N3O/c1-52(2,3)41-30-40(46-32-39(36-18-7-4-8-19-36)33-47(53-46)45-24-13-16-29-50(45)56)31-42(34-41)54-35-55(49-28-15-14-27-48(49)54)51-43(37-20-9-5-10-21-37)25-17-26-44(51)38-22-11-6-12-23-38/h4-34,56H,1-3H3/i5D,6D,9D,10D,11D,12D,20D,21D,22D. The van der Waals surface area contributed by atoms with E-state index >= 15 is 0 Å². The van der Waals surface area contributed by atoms with Gasteiger partial charge in [0.25, 0.3) is 6.33 Å². The molecule has 56 heavy (non-hydrogen) atoms. The molecule has 0 aliphatic carbocycles. The second kappa shape index (κ2) is 14.3. The summed E-state index contributed by atoms with van der Waals surface area (Å²) in [6.45, 7) is 6.37. The monoisotopic (exact) mass is 732 g/mol. The highest BCUT2D eigenvalue weighted by atomic mass is 16.3. The molecule has 0 saturated heterocycles. The lowest BCUT2D eigenvalue weighted by molar-refractivity contribution is -0.571. The van der Waals surface area contributed by atoms with Crippen LogP contribution >= 0.6 is 0 Å². The maximum atomic E-state index is 11.0. The molecule has 0 spiro atoms. The number of phenolic OH excluding ortho intramolecular Hbond substituents is 1. The van der Waals surface area contributed by atoms with Crippen LogP contribution in [0.3, 0.4) is 0 Å². The van der Waals surface area contributed by atoms with Crippen LogP contribution in [0, 0.1) is 6.33 Å². The third-order valence-electron chi connectivity index (χ3n) is 9.88. The molecule has 0 radical (unpaired) electrons. The second-order valence-electron chi connectivity index (χ2n) is 14.6. The van der Waals surface area contributed by atoms with Crippen LogP contribution in [-0.2, 0) is 5.41 Å². The molecule has 0 aliphatic rings. The van der Waals surface area contributed by atoms with Gasteiger partial charge in [-0.2, -0.15) is 0 Å². The number of fused-ring (bicyclic) bond motifs is 1. The topological polar surface area (TPSA) is 41.9 Å². The van der Waals surface area contributed by atoms with Crippen molar-refractivity contribution in [3.63, 3.8) is 0 Å². The van der Waals surface area contributed by atoms with Gasteiger partial charge in [-0.05, 0) is 86.3 Å². The molecular weight excluding hydrogens is 683 g/mol. The molecule has 0 fully saturated rings. The van der Waals surface area contributed by atoms with Gasteiger partial charge in [-0.1, -0.05) is 172 Å². The normalized spacial score (nSPS) is 13.8. The van der Waals surface area contributed by atoms with Crippen molar-refractivity contribution in [2.24, 2.45) is 0 Å². The van der Waals surface area contributed by atoms with E-state index in [1.54, 1.807) is 34.9 Å². The Morgan fingerprint density at radius 3 is 2.02 bits per heavy atom. The van der Waals surface area contributed by atoms with E-state index in [0.29, 0.717) is 44.9 Å². The van der Waals surface area contributed by atoms with Gasteiger partial charge >= 0.3 is 0 Å². The van der Waals surface area contributed by atoms with Crippen molar-refractivity contribution in [3.05, 3.63) is 200 Å². The first-order chi connectivity index (χ1) is 31.0. The average molecular weight is 733 g/mol. The van der Waals surface area contributed by atoms with Crippen molar-refractivity contribution < 1.29 is 22.0 Å². The zero-order chi connectivity index (χ0) is 46.1. The molecular formula is C52H41N3O. The minimum Gasteiger partial charge on any atom is -0.507 e. The molecule has 0 atom stereocenters. The van der Waals surface area contributed by atoms with Crippen molar-refractivity contribution in [3.8, 4) is 73.0 Å². The molecule has 9 rings (SSSR count). The van der Waals surface area contributed by atoms with E-state index in [-0.39, 0.29) is 39.9 Å². The third kappa shape index (κ3) is 6.56. The molecule has 1 N–H and O–H groups in total. The summed E-state index contributed by atoms with van der Waals surface area (Å²) in [4.78, 5) is 5.16. The first-order valence-electron chi connectivity index (χ1n) is 22.8. The Hall–Kier alpha value is -7.04. The highest BCUT2D eigenvalue weighted by Gasteiger charge is 2.22. The predicted molar refractivity (Wildman–Crippen MR) is 229 cm³/mol. The minimum absolute atomic E-state index is 0.0759. The van der Waals surface area contributed by atoms with Crippen LogP contribution in [0.4, 0.5) is 0 Å². The zero-order valence-electron chi connectivity index (χ0n) is 40.0. The number of rotatable bonds is 7. The third-order valence-corrected chi connectivity index (χ3v) is 9.88. The van der Waals surface area contributed by atoms with E-state index in [0.717, 1.165) is 22.3 Å². The van der Waals surface area contributed by atoms with Crippen LogP contribution in [0.15, 0.2) is 188 Å². The van der Waals surface area contributed by atoms with Crippen LogP contribution in [0.2, 0.25) is 0 Å². The molecule has 0 aliphatic heterocycles. The summed E-state index contributed by atoms with van der Waals surface area (Å²) in [5.41, 5.74) is 8.10. The van der Waals surface area contributed by atoms with Crippen LogP contribution in [-0.4, -0.2) is 14.7 Å². The Balaban J connectivity index is 1.35. The SMILES string of the molecule is [2H]c1cc(-c2cccc(-c3c([2H])c([2H])c([2H])c([2H])c3[2H])c2-[n+]2[c-]n(-c3cc(-c4cc(-c5ccccc5)cc(-c5ccccc5O)n4)cc(C(C)(C)C)c3)c3ccccc32)c([2H])c([2H])c1[2H]. The first-order valence-corrected chi connectivity index (χ1v) is 18.3. The van der Waals surface area contributed by atoms with Crippen LogP contribution < -0.4 is 4.57 Å². The molecule has 270 valence electrons. The lowest BCUT2D eigenvalue weighted by Crippen LogP contribution is -2.31. The van der Waals surface area contributed by atoms with E-state index in [4.69, 9.17) is 17.3 Å². The fourth-order valence-electron chi connectivity index (χ4n) is 7.05. The van der Waals surface area contributed by atoms with Gasteiger partial charge in [0, 0.05) is 5.56 Å². The number of nitrogens with zero attached hydrogens (tertiary/aromatic N) is 3. The molecule has 9 aromatic rings. The summed E-state index contributed by atoms with van der Waals surface area (Å²) in [5.74, 6) is 0.104. The number of para-hydroxylation sites is 4. The summed E-state index contributed by atoms with van der Waals surface area (Å²) >= 11 is 0. The van der Waals surface area contributed by atoms with Gasteiger partial charge in [0.15, 0.2) is 0 Å². The minimum atomic E-state index is -0.541. The Morgan fingerprint density at radius 2 is 1.23 bits per heavy atom. The molecule has 4 heteroatoms. The largest absolute Gasteiger partial charge is 0.507 e. The van der Waals surface area contributed by atoms with E-state index in [2.05, 4.69) is 39.2 Å². The highest BCUT2D eigenvalue weighted by molar-refractivity contribution is 5.85. The molecule has 0 saturated carbocycles. The van der Waals surface area contributed by atoms with E-state index in [9.17, 15) is 5.11 Å². The average Bonchev–Trinajstić information content (AvgIpc) is 3.70. The number of hydrogen-bond acceptors (Lipinski definition) is 2. The number of aromatic hydroxyl groups is 1. The summed E-state index contributed by atoms with van der Waals surface area (Å²) in [7, 11) is 0. The summed E-state index contributed by atoms with van der Waals surface area (Å²) < 4.78 is 81.7. The number of phenols is 1. The van der Waals surface area contributed by atoms with Crippen molar-refractivity contribution in [1.82, 2.24) is 9.55 Å². The zero-order valence-corrected chi connectivity index (χ0v) is 31.0. The molecule has 2 heterocycles.